The average molecular weight is 372 g/mol. The van der Waals surface area contributed by atoms with Gasteiger partial charge in [0.1, 0.15) is 0 Å². The first-order chi connectivity index (χ1) is 12.3. The van der Waals surface area contributed by atoms with Gasteiger partial charge in [0.25, 0.3) is 15.9 Å². The molecule has 0 radical (unpaired) electrons. The minimum absolute atomic E-state index is 0.0836. The number of carbonyl (C=O) groups is 1. The number of hydrogen-bond donors (Lipinski definition) is 2. The lowest BCUT2D eigenvalue weighted by molar-refractivity contribution is 0.0937. The molecule has 2 aromatic rings. The third-order valence-electron chi connectivity index (χ3n) is 4.76. The van der Waals surface area contributed by atoms with Gasteiger partial charge in [-0.05, 0) is 56.5 Å². The van der Waals surface area contributed by atoms with Gasteiger partial charge in [-0.2, -0.15) is 0 Å². The SMILES string of the molecule is Cc1ccc(NS(=O)(=O)c2ccc(C)c(C(=O)NC3CCCC3)c2)cc1. The van der Waals surface area contributed by atoms with Crippen molar-refractivity contribution < 1.29 is 13.2 Å². The maximum absolute atomic E-state index is 12.7. The molecule has 1 saturated carbocycles. The Morgan fingerprint density at radius 3 is 2.31 bits per heavy atom. The highest BCUT2D eigenvalue weighted by molar-refractivity contribution is 7.92. The van der Waals surface area contributed by atoms with E-state index in [4.69, 9.17) is 0 Å². The van der Waals surface area contributed by atoms with E-state index in [2.05, 4.69) is 10.0 Å². The minimum Gasteiger partial charge on any atom is -0.349 e. The maximum Gasteiger partial charge on any atom is 0.261 e. The van der Waals surface area contributed by atoms with Crippen molar-refractivity contribution in [1.29, 1.82) is 0 Å². The molecular weight excluding hydrogens is 348 g/mol. The first-order valence-corrected chi connectivity index (χ1v) is 10.3. The molecule has 26 heavy (non-hydrogen) atoms. The van der Waals surface area contributed by atoms with E-state index in [1.165, 1.54) is 12.1 Å². The number of carbonyl (C=O) groups excluding carboxylic acids is 1. The third-order valence-corrected chi connectivity index (χ3v) is 6.14. The smallest absolute Gasteiger partial charge is 0.261 e. The fourth-order valence-corrected chi connectivity index (χ4v) is 4.27. The van der Waals surface area contributed by atoms with Crippen molar-refractivity contribution in [3.63, 3.8) is 0 Å². The molecule has 0 heterocycles. The predicted molar refractivity (Wildman–Crippen MR) is 103 cm³/mol. The Labute approximate surface area is 154 Å². The van der Waals surface area contributed by atoms with Crippen LogP contribution in [0.15, 0.2) is 47.4 Å². The summed E-state index contributed by atoms with van der Waals surface area (Å²) in [6, 6.07) is 12.0. The van der Waals surface area contributed by atoms with Gasteiger partial charge in [-0.15, -0.1) is 0 Å². The van der Waals surface area contributed by atoms with Crippen LogP contribution in [0.2, 0.25) is 0 Å². The topological polar surface area (TPSA) is 75.3 Å². The van der Waals surface area contributed by atoms with E-state index in [0.717, 1.165) is 36.8 Å². The molecule has 3 rings (SSSR count). The van der Waals surface area contributed by atoms with Crippen LogP contribution in [0, 0.1) is 13.8 Å². The minimum atomic E-state index is -3.76. The van der Waals surface area contributed by atoms with Crippen molar-refractivity contribution in [2.75, 3.05) is 4.72 Å². The predicted octanol–water partition coefficient (Wildman–Crippen LogP) is 3.78. The fourth-order valence-electron chi connectivity index (χ4n) is 3.18. The van der Waals surface area contributed by atoms with Gasteiger partial charge >= 0.3 is 0 Å². The van der Waals surface area contributed by atoms with Crippen LogP contribution >= 0.6 is 0 Å². The van der Waals surface area contributed by atoms with Crippen molar-refractivity contribution in [1.82, 2.24) is 5.32 Å². The zero-order valence-corrected chi connectivity index (χ0v) is 15.9. The number of aryl methyl sites for hydroxylation is 2. The molecular formula is C20H24N2O3S. The fraction of sp³-hybridized carbons (Fsp3) is 0.350. The normalized spacial score (nSPS) is 15.0. The van der Waals surface area contributed by atoms with Gasteiger partial charge in [0.05, 0.1) is 4.90 Å². The summed E-state index contributed by atoms with van der Waals surface area (Å²) in [6.07, 6.45) is 4.22. The Bertz CT molecular complexity index is 899. The van der Waals surface area contributed by atoms with Crippen LogP contribution in [0.5, 0.6) is 0 Å². The lowest BCUT2D eigenvalue weighted by atomic mass is 10.1. The van der Waals surface area contributed by atoms with Crippen molar-refractivity contribution >= 4 is 21.6 Å². The quantitative estimate of drug-likeness (QED) is 0.839. The lowest BCUT2D eigenvalue weighted by Crippen LogP contribution is -2.33. The number of anilines is 1. The summed E-state index contributed by atoms with van der Waals surface area (Å²) in [5.41, 5.74) is 2.71. The van der Waals surface area contributed by atoms with Gasteiger partial charge < -0.3 is 5.32 Å². The van der Waals surface area contributed by atoms with Crippen LogP contribution in [0.1, 0.15) is 47.2 Å². The van der Waals surface area contributed by atoms with Gasteiger partial charge in [-0.3, -0.25) is 9.52 Å². The summed E-state index contributed by atoms with van der Waals surface area (Å²) in [7, 11) is -3.76. The summed E-state index contributed by atoms with van der Waals surface area (Å²) in [5.74, 6) is -0.207. The number of hydrogen-bond acceptors (Lipinski definition) is 3. The van der Waals surface area contributed by atoms with Gasteiger partial charge in [0.2, 0.25) is 0 Å². The van der Waals surface area contributed by atoms with Crippen LogP contribution < -0.4 is 10.0 Å². The molecule has 5 nitrogen and oxygen atoms in total. The molecule has 1 fully saturated rings. The second kappa shape index (κ2) is 7.50. The summed E-state index contributed by atoms with van der Waals surface area (Å²) < 4.78 is 27.9. The van der Waals surface area contributed by atoms with E-state index in [-0.39, 0.29) is 16.8 Å². The molecule has 0 atom stereocenters. The largest absolute Gasteiger partial charge is 0.349 e. The van der Waals surface area contributed by atoms with Crippen molar-refractivity contribution in [3.05, 3.63) is 59.2 Å². The molecule has 0 aromatic heterocycles. The number of sulfonamides is 1. The van der Waals surface area contributed by atoms with Crippen LogP contribution in [-0.4, -0.2) is 20.4 Å². The maximum atomic E-state index is 12.7. The molecule has 0 aliphatic heterocycles. The zero-order valence-electron chi connectivity index (χ0n) is 15.1. The summed E-state index contributed by atoms with van der Waals surface area (Å²) in [4.78, 5) is 12.7. The molecule has 0 unspecified atom stereocenters. The Balaban J connectivity index is 1.83. The Kier molecular flexibility index (Phi) is 5.32. The lowest BCUT2D eigenvalue weighted by Gasteiger charge is -2.15. The third kappa shape index (κ3) is 4.25. The van der Waals surface area contributed by atoms with E-state index in [0.29, 0.717) is 11.3 Å². The molecule has 138 valence electrons. The average Bonchev–Trinajstić information content (AvgIpc) is 3.10. The van der Waals surface area contributed by atoms with E-state index in [1.54, 1.807) is 18.2 Å². The molecule has 6 heteroatoms. The van der Waals surface area contributed by atoms with Gasteiger partial charge in [0, 0.05) is 17.3 Å². The number of amides is 1. The second-order valence-electron chi connectivity index (χ2n) is 6.90. The molecule has 2 aromatic carbocycles. The van der Waals surface area contributed by atoms with E-state index >= 15 is 0 Å². The van der Waals surface area contributed by atoms with Crippen LogP contribution in [-0.2, 0) is 10.0 Å². The molecule has 1 aliphatic carbocycles. The van der Waals surface area contributed by atoms with E-state index in [9.17, 15) is 13.2 Å². The second-order valence-corrected chi connectivity index (χ2v) is 8.59. The highest BCUT2D eigenvalue weighted by atomic mass is 32.2. The molecule has 1 amide bonds. The van der Waals surface area contributed by atoms with E-state index in [1.807, 2.05) is 26.0 Å². The molecule has 0 saturated heterocycles. The molecule has 2 N–H and O–H groups in total. The monoisotopic (exact) mass is 372 g/mol. The summed E-state index contributed by atoms with van der Waals surface area (Å²) in [5, 5.41) is 3.02. The Morgan fingerprint density at radius 2 is 1.65 bits per heavy atom. The van der Waals surface area contributed by atoms with Crippen LogP contribution in [0.25, 0.3) is 0 Å². The number of rotatable bonds is 5. The highest BCUT2D eigenvalue weighted by Crippen LogP contribution is 2.22. The van der Waals surface area contributed by atoms with Crippen molar-refractivity contribution in [3.8, 4) is 0 Å². The summed E-state index contributed by atoms with van der Waals surface area (Å²) >= 11 is 0. The summed E-state index contributed by atoms with van der Waals surface area (Å²) in [6.45, 7) is 3.75. The van der Waals surface area contributed by atoms with E-state index < -0.39 is 10.0 Å². The van der Waals surface area contributed by atoms with Crippen molar-refractivity contribution in [2.24, 2.45) is 0 Å². The number of benzene rings is 2. The van der Waals surface area contributed by atoms with Crippen LogP contribution in [0.3, 0.4) is 0 Å². The van der Waals surface area contributed by atoms with Crippen molar-refractivity contribution in [2.45, 2.75) is 50.5 Å². The standard InChI is InChI=1S/C20H24N2O3S/c1-14-7-10-17(11-8-14)22-26(24,25)18-12-9-15(2)19(13-18)20(23)21-16-5-3-4-6-16/h7-13,16,22H,3-6H2,1-2H3,(H,21,23). The first kappa shape index (κ1) is 18.5. The molecule has 0 spiro atoms. The van der Waals surface area contributed by atoms with Crippen LogP contribution in [0.4, 0.5) is 5.69 Å². The van der Waals surface area contributed by atoms with Gasteiger partial charge in [0.15, 0.2) is 0 Å². The Morgan fingerprint density at radius 1 is 1.00 bits per heavy atom. The van der Waals surface area contributed by atoms with Gasteiger partial charge in [-0.1, -0.05) is 36.6 Å². The highest BCUT2D eigenvalue weighted by Gasteiger charge is 2.21. The number of nitrogens with one attached hydrogen (secondary N) is 2. The molecule has 0 bridgehead atoms. The molecule has 1 aliphatic rings. The Hall–Kier alpha value is -2.34. The van der Waals surface area contributed by atoms with Gasteiger partial charge in [-0.25, -0.2) is 8.42 Å². The zero-order chi connectivity index (χ0) is 18.7. The first-order valence-electron chi connectivity index (χ1n) is 8.86.